The van der Waals surface area contributed by atoms with E-state index in [9.17, 15) is 0 Å². The summed E-state index contributed by atoms with van der Waals surface area (Å²) in [5.41, 5.74) is 2.57. The fraction of sp³-hybridized carbons (Fsp3) is 0.0714. The third-order valence-corrected chi connectivity index (χ3v) is 3.96. The molecule has 1 N–H and O–H groups in total. The minimum Gasteiger partial charge on any atom is -0.380 e. The monoisotopic (exact) mass is 354 g/mol. The SMILES string of the molecule is N#Cc1ccc(NCc2ccc(Cl)c(Cl)c2)c(Br)c1. The number of nitriles is 1. The normalized spacial score (nSPS) is 10.0. The molecule has 0 amide bonds. The molecule has 2 rings (SSSR count). The van der Waals surface area contributed by atoms with Crippen LogP contribution in [0.15, 0.2) is 40.9 Å². The van der Waals surface area contributed by atoms with Gasteiger partial charge in [-0.15, -0.1) is 0 Å². The molecule has 0 aliphatic rings. The first-order valence-corrected chi connectivity index (χ1v) is 7.02. The van der Waals surface area contributed by atoms with Crippen molar-refractivity contribution in [1.82, 2.24) is 0 Å². The average Bonchev–Trinajstić information content (AvgIpc) is 2.41. The highest BCUT2D eigenvalue weighted by Gasteiger charge is 2.03. The molecule has 2 aromatic carbocycles. The van der Waals surface area contributed by atoms with Gasteiger partial charge in [0.15, 0.2) is 0 Å². The first-order chi connectivity index (χ1) is 9.10. The van der Waals surface area contributed by atoms with Gasteiger partial charge in [0.1, 0.15) is 0 Å². The van der Waals surface area contributed by atoms with Crippen LogP contribution in [0.25, 0.3) is 0 Å². The summed E-state index contributed by atoms with van der Waals surface area (Å²) in [7, 11) is 0. The summed E-state index contributed by atoms with van der Waals surface area (Å²) >= 11 is 15.3. The van der Waals surface area contributed by atoms with Crippen LogP contribution in [0.2, 0.25) is 10.0 Å². The Morgan fingerprint density at radius 2 is 1.89 bits per heavy atom. The summed E-state index contributed by atoms with van der Waals surface area (Å²) < 4.78 is 0.853. The molecular weight excluding hydrogens is 347 g/mol. The molecule has 0 heterocycles. The van der Waals surface area contributed by atoms with Crippen LogP contribution < -0.4 is 5.32 Å². The average molecular weight is 356 g/mol. The number of benzene rings is 2. The van der Waals surface area contributed by atoms with E-state index in [2.05, 4.69) is 27.3 Å². The van der Waals surface area contributed by atoms with E-state index in [-0.39, 0.29) is 0 Å². The van der Waals surface area contributed by atoms with Crippen LogP contribution in [-0.4, -0.2) is 0 Å². The highest BCUT2D eigenvalue weighted by Crippen LogP contribution is 2.26. The van der Waals surface area contributed by atoms with Gasteiger partial charge in [-0.1, -0.05) is 29.3 Å². The van der Waals surface area contributed by atoms with Crippen molar-refractivity contribution in [2.24, 2.45) is 0 Å². The molecule has 0 aliphatic carbocycles. The second kappa shape index (κ2) is 6.29. The lowest BCUT2D eigenvalue weighted by Crippen LogP contribution is -2.00. The zero-order valence-electron chi connectivity index (χ0n) is 9.75. The summed E-state index contributed by atoms with van der Waals surface area (Å²) in [5.74, 6) is 0. The van der Waals surface area contributed by atoms with E-state index in [0.29, 0.717) is 22.2 Å². The smallest absolute Gasteiger partial charge is 0.0992 e. The first kappa shape index (κ1) is 14.2. The van der Waals surface area contributed by atoms with Crippen LogP contribution in [-0.2, 0) is 6.54 Å². The number of halogens is 3. The van der Waals surface area contributed by atoms with Crippen LogP contribution in [0.4, 0.5) is 5.69 Å². The van der Waals surface area contributed by atoms with Crippen molar-refractivity contribution in [2.75, 3.05) is 5.32 Å². The van der Waals surface area contributed by atoms with Gasteiger partial charge in [0.25, 0.3) is 0 Å². The molecule has 0 saturated carbocycles. The van der Waals surface area contributed by atoms with Gasteiger partial charge in [-0.3, -0.25) is 0 Å². The van der Waals surface area contributed by atoms with Crippen molar-refractivity contribution in [1.29, 1.82) is 5.26 Å². The molecule has 0 saturated heterocycles. The minimum absolute atomic E-state index is 0.542. The molecule has 0 fully saturated rings. The molecule has 5 heteroatoms. The lowest BCUT2D eigenvalue weighted by Gasteiger charge is -2.09. The molecule has 96 valence electrons. The maximum atomic E-state index is 8.80. The van der Waals surface area contributed by atoms with E-state index < -0.39 is 0 Å². The summed E-state index contributed by atoms with van der Waals surface area (Å²) in [6.45, 7) is 0.626. The minimum atomic E-state index is 0.542. The van der Waals surface area contributed by atoms with Gasteiger partial charge in [0, 0.05) is 16.7 Å². The summed E-state index contributed by atoms with van der Waals surface area (Å²) in [4.78, 5) is 0. The molecule has 0 radical (unpaired) electrons. The molecule has 0 unspecified atom stereocenters. The Hall–Kier alpha value is -1.21. The predicted molar refractivity (Wildman–Crippen MR) is 82.6 cm³/mol. The van der Waals surface area contributed by atoms with Crippen molar-refractivity contribution in [2.45, 2.75) is 6.54 Å². The van der Waals surface area contributed by atoms with E-state index in [1.807, 2.05) is 18.2 Å². The van der Waals surface area contributed by atoms with Crippen LogP contribution in [0.3, 0.4) is 0 Å². The third-order valence-electron chi connectivity index (χ3n) is 2.57. The van der Waals surface area contributed by atoms with Crippen molar-refractivity contribution in [3.63, 3.8) is 0 Å². The van der Waals surface area contributed by atoms with E-state index in [1.54, 1.807) is 18.2 Å². The molecule has 0 aromatic heterocycles. The second-order valence-corrected chi connectivity index (χ2v) is 5.58. The highest BCUT2D eigenvalue weighted by molar-refractivity contribution is 9.10. The number of hydrogen-bond acceptors (Lipinski definition) is 2. The van der Waals surface area contributed by atoms with Crippen LogP contribution in [0.1, 0.15) is 11.1 Å². The van der Waals surface area contributed by atoms with Gasteiger partial charge in [-0.2, -0.15) is 5.26 Å². The quantitative estimate of drug-likeness (QED) is 0.817. The van der Waals surface area contributed by atoms with E-state index >= 15 is 0 Å². The molecule has 2 nitrogen and oxygen atoms in total. The van der Waals surface area contributed by atoms with E-state index in [4.69, 9.17) is 28.5 Å². The van der Waals surface area contributed by atoms with E-state index in [1.165, 1.54) is 0 Å². The zero-order valence-corrected chi connectivity index (χ0v) is 12.9. The third kappa shape index (κ3) is 3.63. The standard InChI is InChI=1S/C14H9BrCl2N2/c15-11-5-9(7-18)2-4-14(11)19-8-10-1-3-12(16)13(17)6-10/h1-6,19H,8H2. The largest absolute Gasteiger partial charge is 0.380 e. The summed E-state index contributed by atoms with van der Waals surface area (Å²) in [5, 5.41) is 13.2. The van der Waals surface area contributed by atoms with Crippen molar-refractivity contribution in [3.8, 4) is 6.07 Å². The highest BCUT2D eigenvalue weighted by atomic mass is 79.9. The number of rotatable bonds is 3. The number of nitrogens with zero attached hydrogens (tertiary/aromatic N) is 1. The van der Waals surface area contributed by atoms with Crippen LogP contribution in [0.5, 0.6) is 0 Å². The fourth-order valence-corrected chi connectivity index (χ4v) is 2.41. The molecular formula is C14H9BrCl2N2. The van der Waals surface area contributed by atoms with Gasteiger partial charge < -0.3 is 5.32 Å². The van der Waals surface area contributed by atoms with Crippen molar-refractivity contribution in [3.05, 3.63) is 62.0 Å². The Bertz CT molecular complexity index is 650. The zero-order chi connectivity index (χ0) is 13.8. The first-order valence-electron chi connectivity index (χ1n) is 5.47. The van der Waals surface area contributed by atoms with Gasteiger partial charge in [-0.05, 0) is 51.8 Å². The summed E-state index contributed by atoms with van der Waals surface area (Å²) in [6, 6.07) is 13.0. The number of hydrogen-bond donors (Lipinski definition) is 1. The Morgan fingerprint density at radius 1 is 1.11 bits per heavy atom. The lowest BCUT2D eigenvalue weighted by atomic mass is 10.2. The Kier molecular flexibility index (Phi) is 4.71. The molecule has 0 spiro atoms. The van der Waals surface area contributed by atoms with Gasteiger partial charge >= 0.3 is 0 Å². The molecule has 19 heavy (non-hydrogen) atoms. The second-order valence-electron chi connectivity index (χ2n) is 3.91. The fourth-order valence-electron chi connectivity index (χ4n) is 1.57. The topological polar surface area (TPSA) is 35.8 Å². The molecule has 0 bridgehead atoms. The number of nitrogens with one attached hydrogen (secondary N) is 1. The van der Waals surface area contributed by atoms with Crippen LogP contribution in [0, 0.1) is 11.3 Å². The Balaban J connectivity index is 2.10. The van der Waals surface area contributed by atoms with Crippen molar-refractivity contribution < 1.29 is 0 Å². The predicted octanol–water partition coefficient (Wildman–Crippen LogP) is 5.24. The maximum absolute atomic E-state index is 8.80. The lowest BCUT2D eigenvalue weighted by molar-refractivity contribution is 1.15. The Labute approximate surface area is 130 Å². The molecule has 2 aromatic rings. The van der Waals surface area contributed by atoms with Gasteiger partial charge in [-0.25, -0.2) is 0 Å². The van der Waals surface area contributed by atoms with E-state index in [0.717, 1.165) is 15.7 Å². The Morgan fingerprint density at radius 3 is 2.53 bits per heavy atom. The van der Waals surface area contributed by atoms with Crippen molar-refractivity contribution >= 4 is 44.8 Å². The van der Waals surface area contributed by atoms with Crippen LogP contribution >= 0.6 is 39.1 Å². The summed E-state index contributed by atoms with van der Waals surface area (Å²) in [6.07, 6.45) is 0. The molecule has 0 atom stereocenters. The molecule has 0 aliphatic heterocycles. The number of anilines is 1. The van der Waals surface area contributed by atoms with Gasteiger partial charge in [0.05, 0.1) is 21.7 Å². The maximum Gasteiger partial charge on any atom is 0.0992 e. The van der Waals surface area contributed by atoms with Gasteiger partial charge in [0.2, 0.25) is 0 Å².